The summed E-state index contributed by atoms with van der Waals surface area (Å²) in [6.45, 7) is 0. The van der Waals surface area contributed by atoms with Crippen molar-refractivity contribution in [3.63, 3.8) is 0 Å². The van der Waals surface area contributed by atoms with Gasteiger partial charge in [-0.2, -0.15) is 10.1 Å². The number of hydrogen-bond acceptors (Lipinski definition) is 5. The molecule has 1 aliphatic rings. The Morgan fingerprint density at radius 3 is 2.63 bits per heavy atom. The van der Waals surface area contributed by atoms with Crippen molar-refractivity contribution in [2.45, 2.75) is 6.29 Å². The molecule has 19 heavy (non-hydrogen) atoms. The first-order valence-corrected chi connectivity index (χ1v) is 5.69. The highest BCUT2D eigenvalue weighted by molar-refractivity contribution is 5.53. The molecule has 0 aromatic heterocycles. The Kier molecular flexibility index (Phi) is 2.80. The molecule has 1 atom stereocenters. The van der Waals surface area contributed by atoms with Gasteiger partial charge in [0, 0.05) is 0 Å². The Balaban J connectivity index is 1.83. The SMILES string of the molecule is N#Cc1ccc(OC2ON(O)c3ccccc32)cc1. The van der Waals surface area contributed by atoms with Crippen LogP contribution in [0.5, 0.6) is 5.75 Å². The fraction of sp³-hybridized carbons (Fsp3) is 0.0714. The molecule has 5 heteroatoms. The zero-order valence-corrected chi connectivity index (χ0v) is 9.85. The summed E-state index contributed by atoms with van der Waals surface area (Å²) in [4.78, 5) is 5.19. The summed E-state index contributed by atoms with van der Waals surface area (Å²) in [7, 11) is 0. The van der Waals surface area contributed by atoms with E-state index in [-0.39, 0.29) is 0 Å². The molecule has 0 aliphatic carbocycles. The Labute approximate surface area is 109 Å². The minimum atomic E-state index is -0.700. The molecule has 0 bridgehead atoms. The number of anilines is 1. The minimum Gasteiger partial charge on any atom is -0.458 e. The molecule has 0 radical (unpaired) electrons. The molecule has 1 unspecified atom stereocenters. The summed E-state index contributed by atoms with van der Waals surface area (Å²) in [5.74, 6) is 0.564. The number of benzene rings is 2. The summed E-state index contributed by atoms with van der Waals surface area (Å²) in [5.41, 5.74) is 1.86. The van der Waals surface area contributed by atoms with Gasteiger partial charge in [0.05, 0.1) is 17.2 Å². The van der Waals surface area contributed by atoms with Crippen molar-refractivity contribution in [3.8, 4) is 11.8 Å². The van der Waals surface area contributed by atoms with E-state index in [1.165, 1.54) is 0 Å². The molecule has 94 valence electrons. The van der Waals surface area contributed by atoms with Gasteiger partial charge < -0.3 is 4.74 Å². The first kappa shape index (κ1) is 11.5. The molecular formula is C14H10N2O3. The molecule has 0 saturated carbocycles. The first-order chi connectivity index (χ1) is 9.28. The van der Waals surface area contributed by atoms with E-state index in [9.17, 15) is 5.21 Å². The summed E-state index contributed by atoms with van der Waals surface area (Å²) in [5, 5.41) is 19.0. The van der Waals surface area contributed by atoms with Crippen molar-refractivity contribution in [1.29, 1.82) is 5.26 Å². The standard InChI is InChI=1S/C14H10N2O3/c15-9-10-5-7-11(8-6-10)18-14-12-3-1-2-4-13(12)16(17)19-14/h1-8,14,17H. The molecule has 1 N–H and O–H groups in total. The third-order valence-electron chi connectivity index (χ3n) is 2.82. The Morgan fingerprint density at radius 2 is 1.89 bits per heavy atom. The number of hydrogen-bond donors (Lipinski definition) is 1. The van der Waals surface area contributed by atoms with E-state index in [0.717, 1.165) is 5.56 Å². The molecule has 0 amide bonds. The van der Waals surface area contributed by atoms with Gasteiger partial charge in [0.15, 0.2) is 0 Å². The summed E-state index contributed by atoms with van der Waals surface area (Å²) in [6.07, 6.45) is -0.700. The third kappa shape index (κ3) is 2.10. The van der Waals surface area contributed by atoms with Gasteiger partial charge in [-0.3, -0.25) is 5.21 Å². The number of fused-ring (bicyclic) bond motifs is 1. The highest BCUT2D eigenvalue weighted by Crippen LogP contribution is 2.37. The summed E-state index contributed by atoms with van der Waals surface area (Å²) < 4.78 is 5.64. The number of ether oxygens (including phenoxy) is 1. The molecule has 0 fully saturated rings. The van der Waals surface area contributed by atoms with Crippen molar-refractivity contribution in [2.24, 2.45) is 0 Å². The van der Waals surface area contributed by atoms with Gasteiger partial charge >= 0.3 is 0 Å². The molecule has 0 saturated heterocycles. The normalized spacial score (nSPS) is 16.8. The maximum atomic E-state index is 9.60. The van der Waals surface area contributed by atoms with Crippen LogP contribution in [0.3, 0.4) is 0 Å². The molecule has 5 nitrogen and oxygen atoms in total. The van der Waals surface area contributed by atoms with E-state index in [2.05, 4.69) is 0 Å². The fourth-order valence-electron chi connectivity index (χ4n) is 1.88. The second-order valence-corrected chi connectivity index (χ2v) is 4.02. The lowest BCUT2D eigenvalue weighted by Crippen LogP contribution is -2.15. The van der Waals surface area contributed by atoms with Crippen LogP contribution in [0.1, 0.15) is 17.4 Å². The van der Waals surface area contributed by atoms with Gasteiger partial charge in [-0.1, -0.05) is 18.2 Å². The molecule has 1 heterocycles. The van der Waals surface area contributed by atoms with Gasteiger partial charge in [-0.15, -0.1) is 5.23 Å². The maximum Gasteiger partial charge on any atom is 0.254 e. The van der Waals surface area contributed by atoms with Gasteiger partial charge in [0.25, 0.3) is 6.29 Å². The van der Waals surface area contributed by atoms with Crippen molar-refractivity contribution < 1.29 is 14.8 Å². The van der Waals surface area contributed by atoms with Crippen LogP contribution in [0, 0.1) is 11.3 Å². The van der Waals surface area contributed by atoms with E-state index in [4.69, 9.17) is 14.8 Å². The maximum absolute atomic E-state index is 9.60. The first-order valence-electron chi connectivity index (χ1n) is 5.69. The van der Waals surface area contributed by atoms with E-state index >= 15 is 0 Å². The van der Waals surface area contributed by atoms with Crippen molar-refractivity contribution in [2.75, 3.05) is 5.23 Å². The van der Waals surface area contributed by atoms with Crippen LogP contribution in [0.25, 0.3) is 0 Å². The lowest BCUT2D eigenvalue weighted by molar-refractivity contribution is -0.144. The number of nitrogens with zero attached hydrogens (tertiary/aromatic N) is 2. The second kappa shape index (κ2) is 4.61. The van der Waals surface area contributed by atoms with Crippen molar-refractivity contribution in [1.82, 2.24) is 0 Å². The van der Waals surface area contributed by atoms with E-state index in [1.807, 2.05) is 18.2 Å². The highest BCUT2D eigenvalue weighted by Gasteiger charge is 2.30. The molecular weight excluding hydrogens is 244 g/mol. The lowest BCUT2D eigenvalue weighted by atomic mass is 10.2. The van der Waals surface area contributed by atoms with E-state index < -0.39 is 6.29 Å². The Bertz CT molecular complexity index is 634. The number of rotatable bonds is 2. The fourth-order valence-corrected chi connectivity index (χ4v) is 1.88. The minimum absolute atomic E-state index is 0.557. The van der Waals surface area contributed by atoms with Crippen LogP contribution < -0.4 is 9.96 Å². The quantitative estimate of drug-likeness (QED) is 0.892. The predicted molar refractivity (Wildman–Crippen MR) is 66.3 cm³/mol. The van der Waals surface area contributed by atoms with E-state index in [0.29, 0.717) is 22.2 Å². The molecule has 2 aromatic rings. The molecule has 1 aliphatic heterocycles. The van der Waals surface area contributed by atoms with Crippen LogP contribution >= 0.6 is 0 Å². The number of para-hydroxylation sites is 1. The van der Waals surface area contributed by atoms with Crippen LogP contribution in [0.2, 0.25) is 0 Å². The Morgan fingerprint density at radius 1 is 1.16 bits per heavy atom. The van der Waals surface area contributed by atoms with Crippen LogP contribution in [0.15, 0.2) is 48.5 Å². The predicted octanol–water partition coefficient (Wildman–Crippen LogP) is 2.78. The molecule has 3 rings (SSSR count). The van der Waals surface area contributed by atoms with Gasteiger partial charge in [-0.05, 0) is 30.3 Å². The van der Waals surface area contributed by atoms with E-state index in [1.54, 1.807) is 36.4 Å². The average molecular weight is 254 g/mol. The number of nitriles is 1. The highest BCUT2D eigenvalue weighted by atomic mass is 16.9. The molecule has 0 spiro atoms. The monoisotopic (exact) mass is 254 g/mol. The Hall–Kier alpha value is -2.55. The van der Waals surface area contributed by atoms with Gasteiger partial charge in [0.1, 0.15) is 11.4 Å². The lowest BCUT2D eigenvalue weighted by Gasteiger charge is -2.13. The zero-order valence-electron chi connectivity index (χ0n) is 9.85. The van der Waals surface area contributed by atoms with Crippen LogP contribution in [0.4, 0.5) is 5.69 Å². The van der Waals surface area contributed by atoms with Crippen molar-refractivity contribution in [3.05, 3.63) is 59.7 Å². The zero-order chi connectivity index (χ0) is 13.2. The summed E-state index contributed by atoms with van der Waals surface area (Å²) in [6, 6.07) is 15.9. The van der Waals surface area contributed by atoms with Gasteiger partial charge in [0.2, 0.25) is 0 Å². The summed E-state index contributed by atoms with van der Waals surface area (Å²) >= 11 is 0. The van der Waals surface area contributed by atoms with Crippen LogP contribution in [-0.4, -0.2) is 5.21 Å². The largest absolute Gasteiger partial charge is 0.458 e. The molecule has 2 aromatic carbocycles. The second-order valence-electron chi connectivity index (χ2n) is 4.02. The smallest absolute Gasteiger partial charge is 0.254 e. The third-order valence-corrected chi connectivity index (χ3v) is 2.82. The topological polar surface area (TPSA) is 65.7 Å². The van der Waals surface area contributed by atoms with Crippen molar-refractivity contribution >= 4 is 5.69 Å². The average Bonchev–Trinajstić information content (AvgIpc) is 2.77. The van der Waals surface area contributed by atoms with Gasteiger partial charge in [-0.25, -0.2) is 0 Å². The van der Waals surface area contributed by atoms with Crippen LogP contribution in [-0.2, 0) is 4.84 Å².